The van der Waals surface area contributed by atoms with Crippen LogP contribution >= 0.6 is 11.8 Å². The van der Waals surface area contributed by atoms with Crippen LogP contribution in [0.15, 0.2) is 18.2 Å². The van der Waals surface area contributed by atoms with Gasteiger partial charge in [-0.1, -0.05) is 6.07 Å². The van der Waals surface area contributed by atoms with E-state index in [2.05, 4.69) is 21.2 Å². The molecule has 0 amide bonds. The summed E-state index contributed by atoms with van der Waals surface area (Å²) in [6.45, 7) is 5.60. The Morgan fingerprint density at radius 1 is 0.929 bits per heavy atom. The number of likely N-dealkylation sites (N-methyl/N-ethyl adjacent to an activating group) is 1. The molecule has 7 heterocycles. The number of esters is 2. The fourth-order valence-electron chi connectivity index (χ4n) is 10.3. The normalized spacial score (nSPS) is 28.7. The smallest absolute Gasteiger partial charge is 0.331 e. The van der Waals surface area contributed by atoms with Crippen molar-refractivity contribution in [2.75, 3.05) is 61.2 Å². The van der Waals surface area contributed by atoms with Gasteiger partial charge in [0, 0.05) is 47.5 Å². The van der Waals surface area contributed by atoms with Crippen LogP contribution in [0.1, 0.15) is 68.8 Å². The molecule has 7 aliphatic rings. The van der Waals surface area contributed by atoms with Crippen LogP contribution in [0.5, 0.6) is 40.2 Å². The van der Waals surface area contributed by atoms with E-state index in [1.54, 1.807) is 40.2 Å². The van der Waals surface area contributed by atoms with Gasteiger partial charge in [-0.15, -0.1) is 11.8 Å². The average molecular weight is 790 g/mol. The van der Waals surface area contributed by atoms with Gasteiger partial charge in [0.15, 0.2) is 40.0 Å². The number of fused-ring (bicyclic) bond motifs is 9. The Hall–Kier alpha value is -4.41. The van der Waals surface area contributed by atoms with E-state index in [9.17, 15) is 14.7 Å². The van der Waals surface area contributed by atoms with Gasteiger partial charge in [0.05, 0.1) is 51.8 Å². The molecule has 2 fully saturated rings. The molecule has 14 nitrogen and oxygen atoms in total. The third kappa shape index (κ3) is 5.10. The average Bonchev–Trinajstić information content (AvgIpc) is 3.68. The molecule has 0 saturated carbocycles. The number of aliphatic hydroxyl groups is 1. The van der Waals surface area contributed by atoms with E-state index in [-0.39, 0.29) is 31.2 Å². The van der Waals surface area contributed by atoms with Crippen molar-refractivity contribution in [3.8, 4) is 40.2 Å². The molecule has 3 aromatic rings. The van der Waals surface area contributed by atoms with Crippen LogP contribution in [-0.2, 0) is 32.7 Å². The van der Waals surface area contributed by atoms with Gasteiger partial charge in [-0.05, 0) is 68.1 Å². The Kier molecular flexibility index (Phi) is 9.04. The lowest BCUT2D eigenvalue weighted by Crippen LogP contribution is -2.70. The highest BCUT2D eigenvalue weighted by atomic mass is 32.2. The van der Waals surface area contributed by atoms with Gasteiger partial charge < -0.3 is 43.0 Å². The maximum Gasteiger partial charge on any atom is 0.331 e. The van der Waals surface area contributed by atoms with Gasteiger partial charge in [-0.25, -0.2) is 4.79 Å². The number of nitrogens with one attached hydrogen (secondary N) is 1. The molecule has 0 aliphatic carbocycles. The number of aliphatic hydroxyl groups excluding tert-OH is 1. The zero-order valence-electron chi connectivity index (χ0n) is 32.8. The number of aryl methyl sites for hydroxylation is 1. The molecule has 1 spiro atoms. The minimum atomic E-state index is -1.28. The number of piperazine rings is 1. The van der Waals surface area contributed by atoms with E-state index >= 15 is 0 Å². The van der Waals surface area contributed by atoms with Crippen molar-refractivity contribution >= 4 is 23.7 Å². The largest absolute Gasteiger partial charge is 0.493 e. The van der Waals surface area contributed by atoms with E-state index in [1.165, 1.54) is 6.92 Å². The number of nitrogens with zero attached hydrogens (tertiary/aromatic N) is 2. The summed E-state index contributed by atoms with van der Waals surface area (Å²) in [5.74, 6) is 3.00. The summed E-state index contributed by atoms with van der Waals surface area (Å²) < 4.78 is 48.6. The molecule has 2 N–H and O–H groups in total. The molecule has 7 atom stereocenters. The van der Waals surface area contributed by atoms with E-state index < -0.39 is 41.0 Å². The van der Waals surface area contributed by atoms with Gasteiger partial charge in [0.2, 0.25) is 6.79 Å². The van der Waals surface area contributed by atoms with Gasteiger partial charge >= 0.3 is 11.9 Å². The monoisotopic (exact) mass is 789 g/mol. The van der Waals surface area contributed by atoms with Crippen molar-refractivity contribution in [1.82, 2.24) is 15.1 Å². The standard InChI is InChI=1S/C41H47N3O11S/c1-18-11-22-12-24-39(46)44-25-15-52-40(47)41(23-14-27(49-6)26(48-5)13-21(23)9-10-42-41)16-56-38(32(44)31(43(24)4)28(22)36(51-8)33(18)50-7)30-29(25)37-35(53-17-54-37)19(2)34(30)55-20(3)45/h11,13-14,24-25,31-32,38-39,42,46H,9-10,12,15-17H2,1-8H3/t24-,25-,31+,32?,38+,39-,41+/m0/s1. The number of hydrogen-bond acceptors (Lipinski definition) is 15. The van der Waals surface area contributed by atoms with Crippen molar-refractivity contribution in [3.05, 3.63) is 62.7 Å². The highest BCUT2D eigenvalue weighted by Crippen LogP contribution is 2.64. The first kappa shape index (κ1) is 37.2. The second-order valence-electron chi connectivity index (χ2n) is 15.3. The number of carbonyl (C=O) groups is 2. The predicted molar refractivity (Wildman–Crippen MR) is 204 cm³/mol. The predicted octanol–water partition coefficient (Wildman–Crippen LogP) is 4.02. The maximum atomic E-state index is 14.8. The highest BCUT2D eigenvalue weighted by Gasteiger charge is 2.61. The van der Waals surface area contributed by atoms with E-state index in [4.69, 9.17) is 37.9 Å². The van der Waals surface area contributed by atoms with Crippen molar-refractivity contribution in [3.63, 3.8) is 0 Å². The van der Waals surface area contributed by atoms with Crippen LogP contribution in [0.3, 0.4) is 0 Å². The molecule has 3 aromatic carbocycles. The minimum absolute atomic E-state index is 0.0325. The number of rotatable bonds is 5. The lowest BCUT2D eigenvalue weighted by Gasteiger charge is -2.62. The second kappa shape index (κ2) is 13.6. The Bertz CT molecular complexity index is 2160. The summed E-state index contributed by atoms with van der Waals surface area (Å²) in [6.07, 6.45) is 0.223. The van der Waals surface area contributed by atoms with Crippen molar-refractivity contribution in [2.45, 2.75) is 74.8 Å². The molecule has 1 unspecified atom stereocenters. The first-order valence-corrected chi connectivity index (χ1v) is 19.9. The number of hydrogen-bond donors (Lipinski definition) is 2. The molecular weight excluding hydrogens is 743 g/mol. The number of carbonyl (C=O) groups excluding carboxylic acids is 2. The van der Waals surface area contributed by atoms with Gasteiger partial charge in [0.1, 0.15) is 18.6 Å². The Balaban J connectivity index is 1.32. The molecule has 298 valence electrons. The fourth-order valence-corrected chi connectivity index (χ4v) is 12.0. The first-order chi connectivity index (χ1) is 27.0. The lowest BCUT2D eigenvalue weighted by atomic mass is 9.73. The fraction of sp³-hybridized carbons (Fsp3) is 0.512. The lowest BCUT2D eigenvalue weighted by molar-refractivity contribution is -0.186. The minimum Gasteiger partial charge on any atom is -0.493 e. The molecular formula is C41H47N3O11S. The van der Waals surface area contributed by atoms with Crippen LogP contribution in [0, 0.1) is 13.8 Å². The number of benzene rings is 3. The molecule has 4 bridgehead atoms. The summed E-state index contributed by atoms with van der Waals surface area (Å²) >= 11 is 1.55. The molecule has 10 rings (SSSR count). The van der Waals surface area contributed by atoms with Crippen LogP contribution in [0.2, 0.25) is 0 Å². The maximum absolute atomic E-state index is 14.8. The summed E-state index contributed by atoms with van der Waals surface area (Å²) in [5, 5.41) is 15.8. The number of thioether (sulfide) groups is 1. The van der Waals surface area contributed by atoms with E-state index in [0.29, 0.717) is 70.8 Å². The Labute approximate surface area is 329 Å². The van der Waals surface area contributed by atoms with Crippen LogP contribution < -0.4 is 38.5 Å². The molecule has 7 aliphatic heterocycles. The third-order valence-electron chi connectivity index (χ3n) is 12.7. The zero-order valence-corrected chi connectivity index (χ0v) is 33.6. The van der Waals surface area contributed by atoms with E-state index in [1.807, 2.05) is 33.0 Å². The van der Waals surface area contributed by atoms with Crippen molar-refractivity contribution in [2.24, 2.45) is 0 Å². The summed E-state index contributed by atoms with van der Waals surface area (Å²) in [7, 11) is 8.51. The third-order valence-corrected chi connectivity index (χ3v) is 14.1. The van der Waals surface area contributed by atoms with Crippen LogP contribution in [0.25, 0.3) is 0 Å². The van der Waals surface area contributed by atoms with Gasteiger partial charge in [0.25, 0.3) is 0 Å². The number of ether oxygens (including phenoxy) is 8. The topological polar surface area (TPSA) is 147 Å². The van der Waals surface area contributed by atoms with Crippen molar-refractivity contribution in [1.29, 1.82) is 0 Å². The van der Waals surface area contributed by atoms with Crippen molar-refractivity contribution < 1.29 is 52.6 Å². The van der Waals surface area contributed by atoms with Gasteiger partial charge in [-0.2, -0.15) is 0 Å². The molecule has 56 heavy (non-hydrogen) atoms. The number of methoxy groups -OCH3 is 4. The highest BCUT2D eigenvalue weighted by molar-refractivity contribution is 7.99. The van der Waals surface area contributed by atoms with Gasteiger partial charge in [-0.3, -0.25) is 19.9 Å². The summed E-state index contributed by atoms with van der Waals surface area (Å²) in [6, 6.07) is 4.09. The first-order valence-electron chi connectivity index (χ1n) is 18.8. The molecule has 0 radical (unpaired) electrons. The summed E-state index contributed by atoms with van der Waals surface area (Å²) in [4.78, 5) is 32.2. The Morgan fingerprint density at radius 3 is 2.38 bits per heavy atom. The summed E-state index contributed by atoms with van der Waals surface area (Å²) in [5.41, 5.74) is 5.45. The molecule has 15 heteroatoms. The Morgan fingerprint density at radius 2 is 1.66 bits per heavy atom. The van der Waals surface area contributed by atoms with Crippen LogP contribution in [0.4, 0.5) is 0 Å². The molecule has 2 saturated heterocycles. The quantitative estimate of drug-likeness (QED) is 0.283. The van der Waals surface area contributed by atoms with E-state index in [0.717, 1.165) is 33.4 Å². The molecule has 0 aromatic heterocycles. The van der Waals surface area contributed by atoms with Crippen LogP contribution in [-0.4, -0.2) is 106 Å². The SMILES string of the molecule is COc1cc2c(cc1OC)[C@@]1(CS[C@@H]3c4c(OC(C)=O)c(C)c5c(c4[C@H](COC1=O)N1C3[C@H]3c4c(cc(C)c(OC)c4OC)C[C@@H]([C@@H]1O)N3C)OCO5)NCC2. The second-order valence-corrected chi connectivity index (χ2v) is 16.4. The zero-order chi connectivity index (χ0) is 39.4.